The van der Waals surface area contributed by atoms with Gasteiger partial charge in [-0.25, -0.2) is 19.9 Å². The van der Waals surface area contributed by atoms with E-state index < -0.39 is 11.7 Å². The zero-order valence-electron chi connectivity index (χ0n) is 16.8. The normalized spacial score (nSPS) is 14.7. The third kappa shape index (κ3) is 3.76. The molecule has 0 bridgehead atoms. The summed E-state index contributed by atoms with van der Waals surface area (Å²) < 4.78 is 40.4. The minimum Gasteiger partial charge on any atom is -0.293 e. The Bertz CT molecular complexity index is 1250. The SMILES string of the molecule is Cc1nc2ncccn2c1CN1CCc2nc(-c3ccc(C(F)(F)F)cc3)ncc2C1. The molecule has 6 nitrogen and oxygen atoms in total. The first-order valence-electron chi connectivity index (χ1n) is 9.92. The molecule has 0 N–H and O–H groups in total. The summed E-state index contributed by atoms with van der Waals surface area (Å²) in [6.07, 6.45) is 1.88. The Balaban J connectivity index is 1.35. The van der Waals surface area contributed by atoms with Gasteiger partial charge in [-0.15, -0.1) is 0 Å². The lowest BCUT2D eigenvalue weighted by Crippen LogP contribution is -2.31. The van der Waals surface area contributed by atoms with E-state index in [1.54, 1.807) is 12.4 Å². The van der Waals surface area contributed by atoms with E-state index >= 15 is 0 Å². The molecule has 9 heteroatoms. The van der Waals surface area contributed by atoms with Gasteiger partial charge in [-0.05, 0) is 25.1 Å². The van der Waals surface area contributed by atoms with E-state index in [4.69, 9.17) is 0 Å². The number of imidazole rings is 1. The van der Waals surface area contributed by atoms with Gasteiger partial charge in [0.1, 0.15) is 0 Å². The van der Waals surface area contributed by atoms with Crippen molar-refractivity contribution in [3.8, 4) is 11.4 Å². The standard InChI is InChI=1S/C22H19F3N6/c1-14-19(31-9-2-8-26-21(31)28-14)13-30-10-7-18-16(12-30)11-27-20(29-18)15-3-5-17(6-4-15)22(23,24)25/h2-6,8-9,11H,7,10,12-13H2,1H3. The maximum atomic E-state index is 12.8. The first-order valence-corrected chi connectivity index (χ1v) is 9.92. The largest absolute Gasteiger partial charge is 0.416 e. The monoisotopic (exact) mass is 424 g/mol. The average molecular weight is 424 g/mol. The van der Waals surface area contributed by atoms with Crippen molar-refractivity contribution >= 4 is 5.78 Å². The van der Waals surface area contributed by atoms with E-state index in [-0.39, 0.29) is 0 Å². The topological polar surface area (TPSA) is 59.2 Å². The van der Waals surface area contributed by atoms with Gasteiger partial charge in [-0.3, -0.25) is 9.30 Å². The molecule has 0 aliphatic carbocycles. The molecule has 3 aromatic heterocycles. The lowest BCUT2D eigenvalue weighted by molar-refractivity contribution is -0.137. The summed E-state index contributed by atoms with van der Waals surface area (Å²) in [5, 5.41) is 0. The lowest BCUT2D eigenvalue weighted by Gasteiger charge is -2.28. The van der Waals surface area contributed by atoms with Crippen molar-refractivity contribution in [3.05, 3.63) is 77.1 Å². The molecular weight excluding hydrogens is 405 g/mol. The van der Waals surface area contributed by atoms with E-state index in [1.165, 1.54) is 12.1 Å². The predicted molar refractivity (Wildman–Crippen MR) is 108 cm³/mol. The van der Waals surface area contributed by atoms with Gasteiger partial charge in [-0.1, -0.05) is 12.1 Å². The minimum absolute atomic E-state index is 0.449. The number of aromatic nitrogens is 5. The minimum atomic E-state index is -4.35. The van der Waals surface area contributed by atoms with Crippen LogP contribution in [0.4, 0.5) is 13.2 Å². The van der Waals surface area contributed by atoms with Crippen LogP contribution in [0.15, 0.2) is 48.9 Å². The maximum absolute atomic E-state index is 12.8. The number of hydrogen-bond acceptors (Lipinski definition) is 5. The van der Waals surface area contributed by atoms with Crippen molar-refractivity contribution in [2.45, 2.75) is 32.6 Å². The Hall–Kier alpha value is -3.33. The van der Waals surface area contributed by atoms with Gasteiger partial charge in [0.15, 0.2) is 5.82 Å². The zero-order valence-corrected chi connectivity index (χ0v) is 16.8. The Kier molecular flexibility index (Phi) is 4.70. The van der Waals surface area contributed by atoms with Crippen LogP contribution in [0, 0.1) is 6.92 Å². The van der Waals surface area contributed by atoms with Crippen molar-refractivity contribution in [3.63, 3.8) is 0 Å². The Morgan fingerprint density at radius 2 is 1.87 bits per heavy atom. The Morgan fingerprint density at radius 1 is 1.06 bits per heavy atom. The molecule has 158 valence electrons. The van der Waals surface area contributed by atoms with Crippen molar-refractivity contribution in [2.75, 3.05) is 6.54 Å². The Morgan fingerprint density at radius 3 is 2.65 bits per heavy atom. The number of nitrogens with zero attached hydrogens (tertiary/aromatic N) is 6. The summed E-state index contributed by atoms with van der Waals surface area (Å²) in [6.45, 7) is 4.25. The molecule has 31 heavy (non-hydrogen) atoms. The maximum Gasteiger partial charge on any atom is 0.416 e. The first-order chi connectivity index (χ1) is 14.9. The summed E-state index contributed by atoms with van der Waals surface area (Å²) in [6, 6.07) is 6.85. The molecule has 1 aliphatic heterocycles. The Labute approximate surface area is 176 Å². The summed E-state index contributed by atoms with van der Waals surface area (Å²) in [4.78, 5) is 20.2. The van der Waals surface area contributed by atoms with Gasteiger partial charge in [0, 0.05) is 55.8 Å². The number of fused-ring (bicyclic) bond motifs is 2. The van der Waals surface area contributed by atoms with E-state index in [2.05, 4.69) is 24.8 Å². The molecule has 4 aromatic rings. The molecule has 0 unspecified atom stereocenters. The molecule has 0 fully saturated rings. The molecule has 0 spiro atoms. The van der Waals surface area contributed by atoms with Gasteiger partial charge in [0.2, 0.25) is 5.78 Å². The van der Waals surface area contributed by atoms with Crippen molar-refractivity contribution in [1.82, 2.24) is 29.2 Å². The summed E-state index contributed by atoms with van der Waals surface area (Å²) in [5.41, 5.74) is 3.94. The second kappa shape index (κ2) is 7.42. The van der Waals surface area contributed by atoms with Crippen LogP contribution >= 0.6 is 0 Å². The van der Waals surface area contributed by atoms with Gasteiger partial charge >= 0.3 is 6.18 Å². The van der Waals surface area contributed by atoms with Gasteiger partial charge < -0.3 is 0 Å². The van der Waals surface area contributed by atoms with Crippen LogP contribution in [0.3, 0.4) is 0 Å². The molecule has 4 heterocycles. The highest BCUT2D eigenvalue weighted by molar-refractivity contribution is 5.56. The fourth-order valence-corrected chi connectivity index (χ4v) is 3.90. The molecule has 1 aliphatic rings. The summed E-state index contributed by atoms with van der Waals surface area (Å²) >= 11 is 0. The number of alkyl halides is 3. The predicted octanol–water partition coefficient (Wildman–Crippen LogP) is 4.07. The molecule has 0 saturated heterocycles. The number of halogens is 3. The molecule has 0 atom stereocenters. The van der Waals surface area contributed by atoms with Gasteiger partial charge in [0.25, 0.3) is 0 Å². The summed E-state index contributed by atoms with van der Waals surface area (Å²) in [7, 11) is 0. The third-order valence-corrected chi connectivity index (χ3v) is 5.56. The van der Waals surface area contributed by atoms with Gasteiger partial charge in [0.05, 0.1) is 22.6 Å². The fourth-order valence-electron chi connectivity index (χ4n) is 3.90. The van der Waals surface area contributed by atoms with Crippen LogP contribution in [0.5, 0.6) is 0 Å². The fraction of sp³-hybridized carbons (Fsp3) is 0.273. The second-order valence-corrected chi connectivity index (χ2v) is 7.63. The van der Waals surface area contributed by atoms with E-state index in [1.807, 2.05) is 23.6 Å². The van der Waals surface area contributed by atoms with Crippen LogP contribution in [0.2, 0.25) is 0 Å². The molecule has 5 rings (SSSR count). The quantitative estimate of drug-likeness (QED) is 0.496. The number of hydrogen-bond donors (Lipinski definition) is 0. The smallest absolute Gasteiger partial charge is 0.293 e. The first kappa shape index (κ1) is 19.6. The molecule has 0 radical (unpaired) electrons. The lowest BCUT2D eigenvalue weighted by atomic mass is 10.1. The highest BCUT2D eigenvalue weighted by atomic mass is 19.4. The number of benzene rings is 1. The van der Waals surface area contributed by atoms with Crippen LogP contribution in [0.25, 0.3) is 17.2 Å². The van der Waals surface area contributed by atoms with Crippen LogP contribution in [-0.2, 0) is 25.7 Å². The molecule has 0 saturated carbocycles. The zero-order chi connectivity index (χ0) is 21.6. The van der Waals surface area contributed by atoms with Crippen LogP contribution in [-0.4, -0.2) is 35.8 Å². The average Bonchev–Trinajstić information content (AvgIpc) is 3.08. The van der Waals surface area contributed by atoms with Crippen molar-refractivity contribution in [2.24, 2.45) is 0 Å². The number of aryl methyl sites for hydroxylation is 1. The number of rotatable bonds is 3. The third-order valence-electron chi connectivity index (χ3n) is 5.56. The van der Waals surface area contributed by atoms with Crippen molar-refractivity contribution < 1.29 is 13.2 Å². The van der Waals surface area contributed by atoms with E-state index in [0.717, 1.165) is 54.3 Å². The van der Waals surface area contributed by atoms with E-state index in [9.17, 15) is 13.2 Å². The van der Waals surface area contributed by atoms with Crippen molar-refractivity contribution in [1.29, 1.82) is 0 Å². The van der Waals surface area contributed by atoms with Crippen LogP contribution < -0.4 is 0 Å². The second-order valence-electron chi connectivity index (χ2n) is 7.63. The highest BCUT2D eigenvalue weighted by Gasteiger charge is 2.30. The van der Waals surface area contributed by atoms with E-state index in [0.29, 0.717) is 23.7 Å². The molecule has 0 amide bonds. The van der Waals surface area contributed by atoms with Gasteiger partial charge in [-0.2, -0.15) is 13.2 Å². The molecular formula is C22H19F3N6. The summed E-state index contributed by atoms with van der Waals surface area (Å²) in [5.74, 6) is 1.14. The molecule has 1 aromatic carbocycles. The highest BCUT2D eigenvalue weighted by Crippen LogP contribution is 2.30. The van der Waals surface area contributed by atoms with Crippen LogP contribution in [0.1, 0.15) is 28.2 Å².